The van der Waals surface area contributed by atoms with Crippen LogP contribution in [0.3, 0.4) is 0 Å². The van der Waals surface area contributed by atoms with Gasteiger partial charge in [-0.15, -0.1) is 0 Å². The van der Waals surface area contributed by atoms with Gasteiger partial charge in [0.25, 0.3) is 5.56 Å². The molecular weight excluding hydrogens is 268 g/mol. The van der Waals surface area contributed by atoms with Crippen molar-refractivity contribution in [2.45, 2.75) is 38.7 Å². The van der Waals surface area contributed by atoms with Gasteiger partial charge in [-0.05, 0) is 13.8 Å². The molecule has 1 aliphatic rings. The summed E-state index contributed by atoms with van der Waals surface area (Å²) in [5.74, 6) is 0. The maximum atomic E-state index is 11.6. The van der Waals surface area contributed by atoms with Gasteiger partial charge in [0, 0.05) is 24.8 Å². The van der Waals surface area contributed by atoms with Gasteiger partial charge in [-0.1, -0.05) is 0 Å². The van der Waals surface area contributed by atoms with Gasteiger partial charge in [0.05, 0.1) is 12.7 Å². The second-order valence-electron chi connectivity index (χ2n) is 4.41. The molecule has 0 aliphatic carbocycles. The van der Waals surface area contributed by atoms with E-state index in [0.29, 0.717) is 5.56 Å². The molecule has 2 rings (SSSR count). The van der Waals surface area contributed by atoms with Crippen molar-refractivity contribution in [3.8, 4) is 0 Å². The van der Waals surface area contributed by atoms with Crippen molar-refractivity contribution in [1.82, 2.24) is 9.55 Å². The number of ether oxygens (including phenoxy) is 1. The van der Waals surface area contributed by atoms with Crippen LogP contribution in [-0.4, -0.2) is 50.3 Å². The van der Waals surface area contributed by atoms with E-state index in [4.69, 9.17) is 14.9 Å². The summed E-state index contributed by atoms with van der Waals surface area (Å²) in [6.45, 7) is 3.19. The first kappa shape index (κ1) is 16.6. The highest BCUT2D eigenvalue weighted by Crippen LogP contribution is 2.27. The van der Waals surface area contributed by atoms with E-state index >= 15 is 0 Å². The minimum Gasteiger partial charge on any atom is -0.397 e. The Hall–Kier alpha value is -1.48. The van der Waals surface area contributed by atoms with Crippen LogP contribution >= 0.6 is 0 Å². The minimum atomic E-state index is -0.816. The first-order valence-electron chi connectivity index (χ1n) is 6.31. The highest BCUT2D eigenvalue weighted by atomic mass is 16.5. The molecule has 1 fully saturated rings. The van der Waals surface area contributed by atoms with Gasteiger partial charge in [0.15, 0.2) is 0 Å². The number of nitrogens with zero attached hydrogens (tertiary/aromatic N) is 1. The number of H-pyrrole nitrogens is 1. The Labute approximate surface area is 115 Å². The fraction of sp³-hybridized carbons (Fsp3) is 0.667. The van der Waals surface area contributed by atoms with Crippen LogP contribution in [0.15, 0.2) is 15.8 Å². The molecule has 4 N–H and O–H groups in total. The smallest absolute Gasteiger partial charge is 0.330 e. The van der Waals surface area contributed by atoms with E-state index in [9.17, 15) is 14.7 Å². The Morgan fingerprint density at radius 1 is 1.45 bits per heavy atom. The summed E-state index contributed by atoms with van der Waals surface area (Å²) in [5.41, 5.74) is -0.643. The van der Waals surface area contributed by atoms with Crippen molar-refractivity contribution in [3.05, 3.63) is 32.6 Å². The Bertz CT molecular complexity index is 537. The van der Waals surface area contributed by atoms with Crippen molar-refractivity contribution in [1.29, 1.82) is 0 Å². The van der Waals surface area contributed by atoms with Gasteiger partial charge < -0.3 is 20.1 Å². The summed E-state index contributed by atoms with van der Waals surface area (Å²) in [5, 5.41) is 26.1. The van der Waals surface area contributed by atoms with Crippen molar-refractivity contribution in [3.63, 3.8) is 0 Å². The Kier molecular flexibility index (Phi) is 6.08. The summed E-state index contributed by atoms with van der Waals surface area (Å²) in [4.78, 5) is 24.9. The topological polar surface area (TPSA) is 125 Å². The monoisotopic (exact) mass is 288 g/mol. The van der Waals surface area contributed by atoms with Gasteiger partial charge in [0.1, 0.15) is 12.3 Å². The SMILES string of the molecule is CCO.Cc1cn([C@H]2C[C@H](O)[C@@H](CO)O2)c(=O)[nH]c1=O. The van der Waals surface area contributed by atoms with Crippen molar-refractivity contribution in [2.75, 3.05) is 13.2 Å². The lowest BCUT2D eigenvalue weighted by Gasteiger charge is -2.14. The molecule has 2 heterocycles. The number of aromatic amines is 1. The lowest BCUT2D eigenvalue weighted by molar-refractivity contribution is -0.0459. The van der Waals surface area contributed by atoms with Gasteiger partial charge in [-0.25, -0.2) is 4.79 Å². The van der Waals surface area contributed by atoms with Crippen LogP contribution in [-0.2, 0) is 4.74 Å². The lowest BCUT2D eigenvalue weighted by atomic mass is 10.2. The van der Waals surface area contributed by atoms with E-state index in [0.717, 1.165) is 0 Å². The molecule has 1 aromatic rings. The Morgan fingerprint density at radius 2 is 2.05 bits per heavy atom. The molecule has 8 nitrogen and oxygen atoms in total. The number of aromatic nitrogens is 2. The quantitative estimate of drug-likeness (QED) is 0.524. The molecule has 8 heteroatoms. The van der Waals surface area contributed by atoms with Gasteiger partial charge in [0.2, 0.25) is 0 Å². The molecule has 1 saturated heterocycles. The van der Waals surface area contributed by atoms with Crippen molar-refractivity contribution in [2.24, 2.45) is 0 Å². The van der Waals surface area contributed by atoms with Crippen LogP contribution in [0.2, 0.25) is 0 Å². The van der Waals surface area contributed by atoms with Crippen LogP contribution < -0.4 is 11.2 Å². The predicted octanol–water partition coefficient (Wildman–Crippen LogP) is -1.52. The normalized spacial score (nSPS) is 25.1. The molecule has 0 spiro atoms. The Morgan fingerprint density at radius 3 is 2.55 bits per heavy atom. The third-order valence-corrected chi connectivity index (χ3v) is 2.84. The predicted molar refractivity (Wildman–Crippen MR) is 70.4 cm³/mol. The number of aliphatic hydroxyl groups is 3. The molecule has 1 aliphatic heterocycles. The number of hydrogen-bond acceptors (Lipinski definition) is 6. The number of nitrogens with one attached hydrogen (secondary N) is 1. The van der Waals surface area contributed by atoms with E-state index in [1.807, 2.05) is 0 Å². The summed E-state index contributed by atoms with van der Waals surface area (Å²) in [6, 6.07) is 0. The fourth-order valence-electron chi connectivity index (χ4n) is 1.85. The molecule has 0 aromatic carbocycles. The second-order valence-corrected chi connectivity index (χ2v) is 4.41. The maximum absolute atomic E-state index is 11.6. The maximum Gasteiger partial charge on any atom is 0.330 e. The largest absolute Gasteiger partial charge is 0.397 e. The zero-order valence-electron chi connectivity index (χ0n) is 11.4. The van der Waals surface area contributed by atoms with Crippen LogP contribution in [0.1, 0.15) is 25.1 Å². The van der Waals surface area contributed by atoms with E-state index < -0.39 is 29.7 Å². The van der Waals surface area contributed by atoms with Crippen molar-refractivity contribution < 1.29 is 20.1 Å². The van der Waals surface area contributed by atoms with Crippen LogP contribution in [0.5, 0.6) is 0 Å². The Balaban J connectivity index is 0.000000612. The average molecular weight is 288 g/mol. The first-order chi connectivity index (χ1) is 9.44. The summed E-state index contributed by atoms with van der Waals surface area (Å²) < 4.78 is 6.54. The highest BCUT2D eigenvalue weighted by molar-refractivity contribution is 5.02. The number of aryl methyl sites for hydroxylation is 1. The fourth-order valence-corrected chi connectivity index (χ4v) is 1.85. The number of aliphatic hydroxyl groups excluding tert-OH is 3. The van der Waals surface area contributed by atoms with E-state index in [-0.39, 0.29) is 19.6 Å². The zero-order valence-corrected chi connectivity index (χ0v) is 11.4. The zero-order chi connectivity index (χ0) is 15.3. The average Bonchev–Trinajstić information content (AvgIpc) is 2.76. The summed E-state index contributed by atoms with van der Waals surface area (Å²) in [6.07, 6.45) is -0.581. The molecule has 20 heavy (non-hydrogen) atoms. The molecular formula is C12H20N2O6. The molecule has 0 amide bonds. The minimum absolute atomic E-state index is 0.205. The van der Waals surface area contributed by atoms with E-state index in [1.54, 1.807) is 13.8 Å². The molecule has 3 atom stereocenters. The third kappa shape index (κ3) is 3.76. The van der Waals surface area contributed by atoms with Crippen LogP contribution in [0.4, 0.5) is 0 Å². The number of rotatable bonds is 2. The molecule has 0 bridgehead atoms. The molecule has 114 valence electrons. The molecule has 0 unspecified atom stereocenters. The summed E-state index contributed by atoms with van der Waals surface area (Å²) >= 11 is 0. The third-order valence-electron chi connectivity index (χ3n) is 2.84. The number of hydrogen-bond donors (Lipinski definition) is 4. The second kappa shape index (κ2) is 7.34. The van der Waals surface area contributed by atoms with Gasteiger partial charge in [-0.3, -0.25) is 14.3 Å². The molecule has 1 aromatic heterocycles. The van der Waals surface area contributed by atoms with Crippen molar-refractivity contribution >= 4 is 0 Å². The molecule has 0 radical (unpaired) electrons. The van der Waals surface area contributed by atoms with Crippen LogP contribution in [0.25, 0.3) is 0 Å². The lowest BCUT2D eigenvalue weighted by Crippen LogP contribution is -2.33. The highest BCUT2D eigenvalue weighted by Gasteiger charge is 2.34. The van der Waals surface area contributed by atoms with Gasteiger partial charge in [-0.2, -0.15) is 0 Å². The summed E-state index contributed by atoms with van der Waals surface area (Å²) in [7, 11) is 0. The molecule has 0 saturated carbocycles. The van der Waals surface area contributed by atoms with Gasteiger partial charge >= 0.3 is 5.69 Å². The van der Waals surface area contributed by atoms with Crippen LogP contribution in [0, 0.1) is 6.92 Å². The first-order valence-corrected chi connectivity index (χ1v) is 6.31. The standard InChI is InChI=1S/C10H14N2O5.C2H6O/c1-5-3-12(10(16)11-9(5)15)8-2-6(14)7(4-13)17-8;1-2-3/h3,6-8,13-14H,2,4H2,1H3,(H,11,15,16);3H,2H2,1H3/t6-,7+,8+;/m0./s1. The van der Waals surface area contributed by atoms with E-state index in [2.05, 4.69) is 4.98 Å². The van der Waals surface area contributed by atoms with E-state index in [1.165, 1.54) is 10.8 Å².